The van der Waals surface area contributed by atoms with E-state index < -0.39 is 0 Å². The van der Waals surface area contributed by atoms with Crippen LogP contribution in [0, 0.1) is 0 Å². The summed E-state index contributed by atoms with van der Waals surface area (Å²) in [6, 6.07) is 9.38. The van der Waals surface area contributed by atoms with E-state index in [0.717, 1.165) is 38.3 Å². The number of hydrogen-bond donors (Lipinski definition) is 0. The fourth-order valence-electron chi connectivity index (χ4n) is 2.84. The van der Waals surface area contributed by atoms with Gasteiger partial charge >= 0.3 is 0 Å². The lowest BCUT2D eigenvalue weighted by atomic mass is 10.1. The Bertz CT molecular complexity index is 701. The van der Waals surface area contributed by atoms with E-state index in [0.29, 0.717) is 16.5 Å². The molecule has 24 heavy (non-hydrogen) atoms. The molecule has 2 heterocycles. The molecule has 3 rings (SSSR count). The van der Waals surface area contributed by atoms with Gasteiger partial charge in [0.1, 0.15) is 0 Å². The molecular weight excluding hydrogens is 345 g/mol. The molecule has 1 aromatic heterocycles. The van der Waals surface area contributed by atoms with E-state index in [1.54, 1.807) is 18.3 Å². The average Bonchev–Trinajstić information content (AvgIpc) is 2.60. The summed E-state index contributed by atoms with van der Waals surface area (Å²) in [6.07, 6.45) is 4.03. The van der Waals surface area contributed by atoms with Crippen molar-refractivity contribution in [3.05, 3.63) is 63.9 Å². The van der Waals surface area contributed by atoms with E-state index in [1.165, 1.54) is 5.56 Å². The molecule has 0 unspecified atom stereocenters. The predicted molar refractivity (Wildman–Crippen MR) is 96.3 cm³/mol. The van der Waals surface area contributed by atoms with Crippen molar-refractivity contribution < 1.29 is 4.79 Å². The van der Waals surface area contributed by atoms with Crippen LogP contribution in [0.4, 0.5) is 0 Å². The molecular formula is C18H19Cl2N3O. The van der Waals surface area contributed by atoms with E-state index in [1.807, 2.05) is 23.2 Å². The summed E-state index contributed by atoms with van der Waals surface area (Å²) in [5.74, 6) is 0.134. The van der Waals surface area contributed by atoms with Crippen LogP contribution in [0.3, 0.4) is 0 Å². The Kier molecular flexibility index (Phi) is 5.72. The molecule has 0 radical (unpaired) electrons. The molecule has 1 fully saturated rings. The number of amides is 1. The maximum atomic E-state index is 12.5. The van der Waals surface area contributed by atoms with Crippen molar-refractivity contribution in [1.82, 2.24) is 14.8 Å². The van der Waals surface area contributed by atoms with Gasteiger partial charge < -0.3 is 4.90 Å². The van der Waals surface area contributed by atoms with Gasteiger partial charge in [-0.3, -0.25) is 14.7 Å². The van der Waals surface area contributed by atoms with Gasteiger partial charge in [-0.2, -0.15) is 0 Å². The highest BCUT2D eigenvalue weighted by Gasteiger charge is 2.21. The highest BCUT2D eigenvalue weighted by Crippen LogP contribution is 2.23. The van der Waals surface area contributed by atoms with Crippen molar-refractivity contribution in [2.45, 2.75) is 13.0 Å². The zero-order chi connectivity index (χ0) is 16.9. The predicted octanol–water partition coefficient (Wildman–Crippen LogP) is 3.28. The molecule has 0 atom stereocenters. The number of piperazine rings is 1. The van der Waals surface area contributed by atoms with Crippen molar-refractivity contribution in [1.29, 1.82) is 0 Å². The molecule has 2 aromatic rings. The molecule has 0 N–H and O–H groups in total. The van der Waals surface area contributed by atoms with Crippen LogP contribution in [0.2, 0.25) is 10.0 Å². The van der Waals surface area contributed by atoms with E-state index in [4.69, 9.17) is 23.2 Å². The smallest absolute Gasteiger partial charge is 0.227 e. The van der Waals surface area contributed by atoms with Gasteiger partial charge in [-0.15, -0.1) is 0 Å². The maximum Gasteiger partial charge on any atom is 0.227 e. The fraction of sp³-hybridized carbons (Fsp3) is 0.333. The summed E-state index contributed by atoms with van der Waals surface area (Å²) in [6.45, 7) is 4.13. The monoisotopic (exact) mass is 363 g/mol. The third-order valence-corrected chi connectivity index (χ3v) is 4.93. The Hall–Kier alpha value is -1.62. The number of carbonyl (C=O) groups is 1. The number of hydrogen-bond acceptors (Lipinski definition) is 3. The van der Waals surface area contributed by atoms with Crippen LogP contribution in [-0.2, 0) is 17.8 Å². The van der Waals surface area contributed by atoms with Crippen LogP contribution in [0.25, 0.3) is 0 Å². The third-order valence-electron chi connectivity index (χ3n) is 4.19. The second-order valence-corrected chi connectivity index (χ2v) is 6.76. The topological polar surface area (TPSA) is 36.4 Å². The summed E-state index contributed by atoms with van der Waals surface area (Å²) in [7, 11) is 0. The Morgan fingerprint density at radius 1 is 1.04 bits per heavy atom. The molecule has 0 aliphatic carbocycles. The summed E-state index contributed by atoms with van der Waals surface area (Å²) in [5, 5.41) is 1.00. The van der Waals surface area contributed by atoms with Crippen LogP contribution >= 0.6 is 23.2 Å². The van der Waals surface area contributed by atoms with Gasteiger partial charge in [0.2, 0.25) is 5.91 Å². The molecule has 0 bridgehead atoms. The van der Waals surface area contributed by atoms with Gasteiger partial charge in [-0.05, 0) is 29.3 Å². The van der Waals surface area contributed by atoms with E-state index in [-0.39, 0.29) is 5.91 Å². The van der Waals surface area contributed by atoms with E-state index in [2.05, 4.69) is 16.0 Å². The lowest BCUT2D eigenvalue weighted by Crippen LogP contribution is -2.48. The van der Waals surface area contributed by atoms with E-state index in [9.17, 15) is 4.79 Å². The first-order valence-corrected chi connectivity index (χ1v) is 8.70. The SMILES string of the molecule is O=C(Cc1ccc(Cl)c(Cl)c1)N1CCN(Cc2cccnc2)CC1. The molecule has 4 nitrogen and oxygen atoms in total. The van der Waals surface area contributed by atoms with E-state index >= 15 is 0 Å². The minimum atomic E-state index is 0.134. The van der Waals surface area contributed by atoms with Gasteiger partial charge in [0.25, 0.3) is 0 Å². The van der Waals surface area contributed by atoms with Crippen molar-refractivity contribution in [3.63, 3.8) is 0 Å². The van der Waals surface area contributed by atoms with Crippen molar-refractivity contribution in [2.75, 3.05) is 26.2 Å². The highest BCUT2D eigenvalue weighted by molar-refractivity contribution is 6.42. The molecule has 0 spiro atoms. The quantitative estimate of drug-likeness (QED) is 0.836. The summed E-state index contributed by atoms with van der Waals surface area (Å²) >= 11 is 11.9. The standard InChI is InChI=1S/C18H19Cl2N3O/c19-16-4-3-14(10-17(16)20)11-18(24)23-8-6-22(7-9-23)13-15-2-1-5-21-12-15/h1-5,10,12H,6-9,11,13H2. The second kappa shape index (κ2) is 7.97. The first-order valence-electron chi connectivity index (χ1n) is 7.95. The molecule has 1 amide bonds. The summed E-state index contributed by atoms with van der Waals surface area (Å²) < 4.78 is 0. The number of carbonyl (C=O) groups excluding carboxylic acids is 1. The van der Waals surface area contributed by atoms with Crippen molar-refractivity contribution >= 4 is 29.1 Å². The van der Waals surface area contributed by atoms with Gasteiger partial charge in [0, 0.05) is 45.1 Å². The lowest BCUT2D eigenvalue weighted by molar-refractivity contribution is -0.132. The van der Waals surface area contributed by atoms with Gasteiger partial charge in [-0.1, -0.05) is 35.3 Å². The van der Waals surface area contributed by atoms with Gasteiger partial charge in [0.15, 0.2) is 0 Å². The number of benzene rings is 1. The Labute approximate surface area is 152 Å². The highest BCUT2D eigenvalue weighted by atomic mass is 35.5. The van der Waals surface area contributed by atoms with Crippen LogP contribution in [0.5, 0.6) is 0 Å². The van der Waals surface area contributed by atoms with Crippen molar-refractivity contribution in [3.8, 4) is 0 Å². The zero-order valence-electron chi connectivity index (χ0n) is 13.3. The fourth-order valence-corrected chi connectivity index (χ4v) is 3.16. The van der Waals surface area contributed by atoms with Gasteiger partial charge in [0.05, 0.1) is 16.5 Å². The second-order valence-electron chi connectivity index (χ2n) is 5.94. The average molecular weight is 364 g/mol. The normalized spacial score (nSPS) is 15.5. The first-order chi connectivity index (χ1) is 11.6. The lowest BCUT2D eigenvalue weighted by Gasteiger charge is -2.34. The molecule has 1 aliphatic heterocycles. The van der Waals surface area contributed by atoms with Crippen LogP contribution < -0.4 is 0 Å². The number of halogens is 2. The molecule has 1 aromatic carbocycles. The Morgan fingerprint density at radius 2 is 1.83 bits per heavy atom. The molecule has 6 heteroatoms. The minimum Gasteiger partial charge on any atom is -0.340 e. The largest absolute Gasteiger partial charge is 0.340 e. The molecule has 1 aliphatic rings. The minimum absolute atomic E-state index is 0.134. The Balaban J connectivity index is 1.50. The number of rotatable bonds is 4. The number of nitrogens with zero attached hydrogens (tertiary/aromatic N) is 3. The summed E-state index contributed by atoms with van der Waals surface area (Å²) in [5.41, 5.74) is 2.10. The number of aromatic nitrogens is 1. The molecule has 0 saturated carbocycles. The van der Waals surface area contributed by atoms with Crippen LogP contribution in [0.15, 0.2) is 42.7 Å². The van der Waals surface area contributed by atoms with Gasteiger partial charge in [-0.25, -0.2) is 0 Å². The van der Waals surface area contributed by atoms with Crippen molar-refractivity contribution in [2.24, 2.45) is 0 Å². The molecule has 126 valence electrons. The third kappa shape index (κ3) is 4.47. The van der Waals surface area contributed by atoms with Crippen LogP contribution in [0.1, 0.15) is 11.1 Å². The first kappa shape index (κ1) is 17.2. The van der Waals surface area contributed by atoms with Crippen LogP contribution in [-0.4, -0.2) is 46.9 Å². The number of pyridine rings is 1. The molecule has 1 saturated heterocycles. The Morgan fingerprint density at radius 3 is 2.50 bits per heavy atom. The maximum absolute atomic E-state index is 12.5. The summed E-state index contributed by atoms with van der Waals surface area (Å²) in [4.78, 5) is 20.9. The zero-order valence-corrected chi connectivity index (χ0v) is 14.8.